The van der Waals surface area contributed by atoms with Crippen LogP contribution in [0, 0.1) is 5.41 Å². The van der Waals surface area contributed by atoms with E-state index in [0.717, 1.165) is 12.8 Å². The summed E-state index contributed by atoms with van der Waals surface area (Å²) in [5.41, 5.74) is 16.4. The molecule has 0 heterocycles. The zero-order valence-corrected chi connectivity index (χ0v) is 7.93. The van der Waals surface area contributed by atoms with Crippen molar-refractivity contribution >= 4 is 5.84 Å². The Morgan fingerprint density at radius 2 is 1.86 bits per heavy atom. The summed E-state index contributed by atoms with van der Waals surface area (Å²) in [5, 5.41) is 13.0. The molecule has 6 nitrogen and oxygen atoms in total. The van der Waals surface area contributed by atoms with Gasteiger partial charge < -0.3 is 27.8 Å². The van der Waals surface area contributed by atoms with Gasteiger partial charge in [-0.05, 0) is 12.8 Å². The lowest BCUT2D eigenvalue weighted by atomic mass is 10.4. The van der Waals surface area contributed by atoms with Crippen LogP contribution in [-0.4, -0.2) is 11.9 Å². The first-order chi connectivity index (χ1) is 6.50. The summed E-state index contributed by atoms with van der Waals surface area (Å²) in [4.78, 5) is 0. The van der Waals surface area contributed by atoms with Gasteiger partial charge in [-0.25, -0.2) is 0 Å². The molecule has 0 spiro atoms. The van der Waals surface area contributed by atoms with Crippen molar-refractivity contribution in [3.8, 4) is 0 Å². The number of hydrogen-bond acceptors (Lipinski definition) is 5. The molecular formula is C8H16N6. The van der Waals surface area contributed by atoms with Crippen LogP contribution in [0.4, 0.5) is 0 Å². The molecule has 9 N–H and O–H groups in total. The molecule has 0 saturated heterocycles. The van der Waals surface area contributed by atoms with E-state index < -0.39 is 0 Å². The van der Waals surface area contributed by atoms with E-state index in [0.29, 0.717) is 11.9 Å². The van der Waals surface area contributed by atoms with Gasteiger partial charge in [-0.1, -0.05) is 6.58 Å². The topological polar surface area (TPSA) is 126 Å². The molecular weight excluding hydrogens is 180 g/mol. The Kier molecular flexibility index (Phi) is 2.85. The Balaban J connectivity index is 2.72. The highest BCUT2D eigenvalue weighted by Crippen LogP contribution is 2.20. The number of nitrogens with one attached hydrogen (secondary N) is 3. The molecule has 0 amide bonds. The van der Waals surface area contributed by atoms with Crippen LogP contribution in [0.2, 0.25) is 0 Å². The summed E-state index contributed by atoms with van der Waals surface area (Å²) in [6.07, 6.45) is 2.18. The first-order valence-corrected chi connectivity index (χ1v) is 4.32. The molecule has 14 heavy (non-hydrogen) atoms. The van der Waals surface area contributed by atoms with Crippen LogP contribution >= 0.6 is 0 Å². The molecule has 0 bridgehead atoms. The van der Waals surface area contributed by atoms with E-state index >= 15 is 0 Å². The highest BCUT2D eigenvalue weighted by atomic mass is 15.2. The fraction of sp³-hybridized carbons (Fsp3) is 0.375. The second-order valence-electron chi connectivity index (χ2n) is 3.27. The zero-order valence-electron chi connectivity index (χ0n) is 7.93. The number of rotatable bonds is 5. The number of amidine groups is 1. The summed E-state index contributed by atoms with van der Waals surface area (Å²) < 4.78 is 0. The van der Waals surface area contributed by atoms with Crippen molar-refractivity contribution < 1.29 is 0 Å². The normalized spacial score (nSPS) is 16.9. The molecule has 1 saturated carbocycles. The quantitative estimate of drug-likeness (QED) is 0.244. The zero-order chi connectivity index (χ0) is 10.7. The lowest BCUT2D eigenvalue weighted by molar-refractivity contribution is 0.719. The molecule has 0 atom stereocenters. The van der Waals surface area contributed by atoms with Crippen molar-refractivity contribution in [1.82, 2.24) is 10.6 Å². The Morgan fingerprint density at radius 3 is 2.21 bits per heavy atom. The lowest BCUT2D eigenvalue weighted by Gasteiger charge is -2.15. The van der Waals surface area contributed by atoms with Crippen molar-refractivity contribution in [2.24, 2.45) is 17.2 Å². The molecule has 1 aliphatic carbocycles. The van der Waals surface area contributed by atoms with Gasteiger partial charge in [-0.2, -0.15) is 0 Å². The van der Waals surface area contributed by atoms with Gasteiger partial charge in [0.15, 0.2) is 0 Å². The maximum atomic E-state index is 7.18. The van der Waals surface area contributed by atoms with Crippen molar-refractivity contribution in [1.29, 1.82) is 5.41 Å². The predicted octanol–water partition coefficient (Wildman–Crippen LogP) is -1.18. The fourth-order valence-electron chi connectivity index (χ4n) is 0.908. The molecule has 0 unspecified atom stereocenters. The summed E-state index contributed by atoms with van der Waals surface area (Å²) in [6, 6.07) is 0.398. The Bertz CT molecular complexity index is 288. The Hall–Kier alpha value is -1.85. The Morgan fingerprint density at radius 1 is 1.29 bits per heavy atom. The number of hydrogen-bond donors (Lipinski definition) is 6. The van der Waals surface area contributed by atoms with Crippen LogP contribution in [0.3, 0.4) is 0 Å². The van der Waals surface area contributed by atoms with Crippen LogP contribution in [-0.2, 0) is 0 Å². The smallest absolute Gasteiger partial charge is 0.142 e. The van der Waals surface area contributed by atoms with E-state index in [1.54, 1.807) is 0 Å². The van der Waals surface area contributed by atoms with Crippen LogP contribution in [0.15, 0.2) is 23.9 Å². The molecule has 1 rings (SSSR count). The van der Waals surface area contributed by atoms with Crippen molar-refractivity contribution in [2.75, 3.05) is 0 Å². The van der Waals surface area contributed by atoms with Gasteiger partial charge in [0.25, 0.3) is 0 Å². The van der Waals surface area contributed by atoms with E-state index in [-0.39, 0.29) is 17.4 Å². The first kappa shape index (κ1) is 10.2. The molecule has 0 aromatic carbocycles. The van der Waals surface area contributed by atoms with Crippen LogP contribution in [0.5, 0.6) is 0 Å². The van der Waals surface area contributed by atoms with Crippen LogP contribution < -0.4 is 27.8 Å². The molecule has 6 heteroatoms. The SMILES string of the molecule is C=C(N)NC(NC1CC1)=C(N)C(=N)N. The van der Waals surface area contributed by atoms with E-state index in [1.165, 1.54) is 0 Å². The molecule has 78 valence electrons. The molecule has 0 aromatic rings. The molecule has 1 aliphatic rings. The second-order valence-corrected chi connectivity index (χ2v) is 3.27. The maximum absolute atomic E-state index is 7.18. The van der Waals surface area contributed by atoms with Crippen molar-refractivity contribution in [2.45, 2.75) is 18.9 Å². The van der Waals surface area contributed by atoms with E-state index in [4.69, 9.17) is 22.6 Å². The highest BCUT2D eigenvalue weighted by Gasteiger charge is 2.23. The first-order valence-electron chi connectivity index (χ1n) is 4.32. The lowest BCUT2D eigenvalue weighted by Crippen LogP contribution is -2.36. The average molecular weight is 196 g/mol. The summed E-state index contributed by atoms with van der Waals surface area (Å²) in [6.45, 7) is 3.49. The third-order valence-electron chi connectivity index (χ3n) is 1.77. The number of nitrogens with two attached hydrogens (primary N) is 3. The molecule has 0 aromatic heterocycles. The molecule has 0 radical (unpaired) electrons. The van der Waals surface area contributed by atoms with E-state index in [1.807, 2.05) is 0 Å². The summed E-state index contributed by atoms with van der Waals surface area (Å²) >= 11 is 0. The van der Waals surface area contributed by atoms with Gasteiger partial charge in [0.1, 0.15) is 17.4 Å². The maximum Gasteiger partial charge on any atom is 0.142 e. The second kappa shape index (κ2) is 3.91. The van der Waals surface area contributed by atoms with Gasteiger partial charge in [0.2, 0.25) is 0 Å². The van der Waals surface area contributed by atoms with Gasteiger partial charge >= 0.3 is 0 Å². The minimum atomic E-state index is -0.193. The highest BCUT2D eigenvalue weighted by molar-refractivity contribution is 5.94. The van der Waals surface area contributed by atoms with Crippen LogP contribution in [0.1, 0.15) is 12.8 Å². The summed E-state index contributed by atoms with van der Waals surface area (Å²) in [5.74, 6) is 0.534. The third kappa shape index (κ3) is 2.89. The van der Waals surface area contributed by atoms with Crippen LogP contribution in [0.25, 0.3) is 0 Å². The van der Waals surface area contributed by atoms with Gasteiger partial charge in [-0.15, -0.1) is 0 Å². The van der Waals surface area contributed by atoms with Gasteiger partial charge in [0.05, 0.1) is 5.82 Å². The largest absolute Gasteiger partial charge is 0.393 e. The average Bonchev–Trinajstić information content (AvgIpc) is 2.84. The van der Waals surface area contributed by atoms with E-state index in [9.17, 15) is 0 Å². The van der Waals surface area contributed by atoms with Gasteiger partial charge in [-0.3, -0.25) is 5.41 Å². The standard InChI is InChI=1S/C8H16N6/c1-4(9)13-8(6(10)7(11)12)14-5-2-3-5/h5,13-14H,1-3,9-10H2,(H3,11,12). The predicted molar refractivity (Wildman–Crippen MR) is 55.7 cm³/mol. The fourth-order valence-corrected chi connectivity index (χ4v) is 0.908. The monoisotopic (exact) mass is 196 g/mol. The molecule has 1 fully saturated rings. The van der Waals surface area contributed by atoms with Crippen molar-refractivity contribution in [3.05, 3.63) is 23.9 Å². The van der Waals surface area contributed by atoms with E-state index in [2.05, 4.69) is 17.2 Å². The Labute approximate surface area is 82.7 Å². The summed E-state index contributed by atoms with van der Waals surface area (Å²) in [7, 11) is 0. The molecule has 0 aliphatic heterocycles. The third-order valence-corrected chi connectivity index (χ3v) is 1.77. The minimum absolute atomic E-state index is 0.156. The van der Waals surface area contributed by atoms with Crippen molar-refractivity contribution in [3.63, 3.8) is 0 Å². The van der Waals surface area contributed by atoms with Gasteiger partial charge in [0, 0.05) is 6.04 Å². The minimum Gasteiger partial charge on any atom is -0.393 e.